The maximum absolute atomic E-state index is 12.1. The third-order valence-electron chi connectivity index (χ3n) is 3.63. The molecular weight excluding hydrogens is 248 g/mol. The maximum atomic E-state index is 12.1. The molecule has 20 heavy (non-hydrogen) atoms. The largest absolute Gasteiger partial charge is 0.497 e. The van der Waals surface area contributed by atoms with Crippen LogP contribution < -0.4 is 4.74 Å². The molecule has 0 saturated carbocycles. The minimum atomic E-state index is 0.328. The Hall–Kier alpha value is -1.83. The summed E-state index contributed by atoms with van der Waals surface area (Å²) >= 11 is 0. The topological polar surface area (TPSA) is 26.3 Å². The van der Waals surface area contributed by atoms with E-state index >= 15 is 0 Å². The lowest BCUT2D eigenvalue weighted by Gasteiger charge is -2.08. The third kappa shape index (κ3) is 3.60. The second kappa shape index (κ2) is 7.09. The molecule has 0 unspecified atom stereocenters. The van der Waals surface area contributed by atoms with Crippen LogP contribution in [-0.4, -0.2) is 12.9 Å². The predicted molar refractivity (Wildman–Crippen MR) is 83.4 cm³/mol. The molecule has 0 aromatic heterocycles. The van der Waals surface area contributed by atoms with Gasteiger partial charge < -0.3 is 4.74 Å². The van der Waals surface area contributed by atoms with Gasteiger partial charge in [-0.15, -0.1) is 0 Å². The van der Waals surface area contributed by atoms with E-state index in [4.69, 9.17) is 4.74 Å². The molecule has 0 spiro atoms. The average Bonchev–Trinajstić information content (AvgIpc) is 2.47. The van der Waals surface area contributed by atoms with Crippen LogP contribution in [0.5, 0.6) is 5.75 Å². The zero-order chi connectivity index (χ0) is 14.4. The van der Waals surface area contributed by atoms with Gasteiger partial charge in [0.15, 0.2) is 0 Å². The number of rotatable bonds is 7. The highest BCUT2D eigenvalue weighted by Gasteiger charge is 2.08. The van der Waals surface area contributed by atoms with E-state index in [-0.39, 0.29) is 0 Å². The van der Waals surface area contributed by atoms with Crippen molar-refractivity contribution in [2.24, 2.45) is 0 Å². The van der Waals surface area contributed by atoms with Gasteiger partial charge in [-0.3, -0.25) is 4.79 Å². The molecule has 2 nitrogen and oxygen atoms in total. The van der Waals surface area contributed by atoms with E-state index in [0.717, 1.165) is 41.3 Å². The number of carbonyl (C=O) groups excluding carboxylic acids is 1. The van der Waals surface area contributed by atoms with Gasteiger partial charge in [-0.05, 0) is 34.9 Å². The van der Waals surface area contributed by atoms with E-state index in [1.165, 1.54) is 0 Å². The number of fused-ring (bicyclic) bond motifs is 1. The van der Waals surface area contributed by atoms with Crippen molar-refractivity contribution in [1.82, 2.24) is 0 Å². The van der Waals surface area contributed by atoms with Crippen LogP contribution in [0, 0.1) is 0 Å². The Balaban J connectivity index is 2.18. The van der Waals surface area contributed by atoms with Crippen molar-refractivity contribution in [3.05, 3.63) is 42.0 Å². The molecule has 0 radical (unpaired) electrons. The summed E-state index contributed by atoms with van der Waals surface area (Å²) < 4.78 is 5.28. The van der Waals surface area contributed by atoms with Gasteiger partial charge in [0.25, 0.3) is 0 Å². The van der Waals surface area contributed by atoms with E-state index in [2.05, 4.69) is 13.0 Å². The van der Waals surface area contributed by atoms with Crippen molar-refractivity contribution >= 4 is 16.6 Å². The Kier molecular flexibility index (Phi) is 5.16. The highest BCUT2D eigenvalue weighted by atomic mass is 16.5. The van der Waals surface area contributed by atoms with Gasteiger partial charge in [-0.1, -0.05) is 44.0 Å². The summed E-state index contributed by atoms with van der Waals surface area (Å²) in [6, 6.07) is 12.1. The maximum Gasteiger partial charge on any atom is 0.137 e. The highest BCUT2D eigenvalue weighted by molar-refractivity contribution is 5.91. The normalized spacial score (nSPS) is 10.7. The molecular formula is C18H22O2. The summed E-state index contributed by atoms with van der Waals surface area (Å²) in [5.41, 5.74) is 1.10. The van der Waals surface area contributed by atoms with Gasteiger partial charge in [-0.2, -0.15) is 0 Å². The highest BCUT2D eigenvalue weighted by Crippen LogP contribution is 2.24. The Morgan fingerprint density at radius 1 is 1.15 bits per heavy atom. The summed E-state index contributed by atoms with van der Waals surface area (Å²) in [5, 5.41) is 2.28. The molecule has 2 rings (SSSR count). The molecule has 2 aromatic rings. The smallest absolute Gasteiger partial charge is 0.137 e. The summed E-state index contributed by atoms with van der Waals surface area (Å²) in [4.78, 5) is 12.1. The van der Waals surface area contributed by atoms with E-state index < -0.39 is 0 Å². The molecule has 0 saturated heterocycles. The molecule has 106 valence electrons. The number of methoxy groups -OCH3 is 1. The molecule has 0 atom stereocenters. The Morgan fingerprint density at radius 3 is 2.75 bits per heavy atom. The quantitative estimate of drug-likeness (QED) is 0.690. The Labute approximate surface area is 120 Å². The molecule has 0 aliphatic carbocycles. The molecule has 0 bridgehead atoms. The molecule has 2 heteroatoms. The van der Waals surface area contributed by atoms with Crippen LogP contribution in [0.3, 0.4) is 0 Å². The standard InChI is InChI=1S/C18H22O2/c1-3-4-5-9-16(19)12-15-8-6-7-14-10-11-17(20-2)13-18(14)15/h6-8,10-11,13H,3-5,9,12H2,1-2H3. The van der Waals surface area contributed by atoms with Crippen LogP contribution >= 0.6 is 0 Å². The van der Waals surface area contributed by atoms with Gasteiger partial charge in [-0.25, -0.2) is 0 Å². The SMILES string of the molecule is CCCCCC(=O)Cc1cccc2ccc(OC)cc12. The second-order valence-electron chi connectivity index (χ2n) is 5.18. The molecule has 0 amide bonds. The number of carbonyl (C=O) groups is 1. The van der Waals surface area contributed by atoms with Crippen molar-refractivity contribution in [1.29, 1.82) is 0 Å². The lowest BCUT2D eigenvalue weighted by molar-refractivity contribution is -0.118. The van der Waals surface area contributed by atoms with Crippen molar-refractivity contribution in [2.75, 3.05) is 7.11 Å². The van der Waals surface area contributed by atoms with E-state index in [1.807, 2.05) is 30.3 Å². The first-order valence-corrected chi connectivity index (χ1v) is 7.32. The zero-order valence-corrected chi connectivity index (χ0v) is 12.3. The number of benzene rings is 2. The summed E-state index contributed by atoms with van der Waals surface area (Å²) in [7, 11) is 1.67. The van der Waals surface area contributed by atoms with Gasteiger partial charge in [0.05, 0.1) is 7.11 Å². The van der Waals surface area contributed by atoms with Crippen molar-refractivity contribution in [3.63, 3.8) is 0 Å². The Bertz CT molecular complexity index is 587. The first kappa shape index (κ1) is 14.6. The van der Waals surface area contributed by atoms with Gasteiger partial charge >= 0.3 is 0 Å². The summed E-state index contributed by atoms with van der Waals surface area (Å²) in [6.45, 7) is 2.15. The Morgan fingerprint density at radius 2 is 2.00 bits per heavy atom. The second-order valence-corrected chi connectivity index (χ2v) is 5.18. The van der Waals surface area contributed by atoms with Crippen LogP contribution in [0.4, 0.5) is 0 Å². The number of hydrogen-bond acceptors (Lipinski definition) is 2. The predicted octanol–water partition coefficient (Wildman–Crippen LogP) is 4.54. The van der Waals surface area contributed by atoms with Crippen LogP contribution in [0.25, 0.3) is 10.8 Å². The number of unbranched alkanes of at least 4 members (excludes halogenated alkanes) is 2. The van der Waals surface area contributed by atoms with Crippen molar-refractivity contribution in [3.8, 4) is 5.75 Å². The van der Waals surface area contributed by atoms with Gasteiger partial charge in [0, 0.05) is 12.8 Å². The van der Waals surface area contributed by atoms with Gasteiger partial charge in [0.1, 0.15) is 11.5 Å². The van der Waals surface area contributed by atoms with Crippen LogP contribution in [-0.2, 0) is 11.2 Å². The third-order valence-corrected chi connectivity index (χ3v) is 3.63. The average molecular weight is 270 g/mol. The lowest BCUT2D eigenvalue weighted by Crippen LogP contribution is -2.03. The fourth-order valence-corrected chi connectivity index (χ4v) is 2.47. The first-order chi connectivity index (χ1) is 9.74. The first-order valence-electron chi connectivity index (χ1n) is 7.32. The fraction of sp³-hybridized carbons (Fsp3) is 0.389. The van der Waals surface area contributed by atoms with E-state index in [1.54, 1.807) is 7.11 Å². The van der Waals surface area contributed by atoms with E-state index in [0.29, 0.717) is 18.6 Å². The monoisotopic (exact) mass is 270 g/mol. The van der Waals surface area contributed by atoms with Gasteiger partial charge in [0.2, 0.25) is 0 Å². The lowest BCUT2D eigenvalue weighted by atomic mass is 9.98. The summed E-state index contributed by atoms with van der Waals surface area (Å²) in [6.07, 6.45) is 4.50. The van der Waals surface area contributed by atoms with E-state index in [9.17, 15) is 4.79 Å². The molecule has 0 heterocycles. The zero-order valence-electron chi connectivity index (χ0n) is 12.3. The minimum Gasteiger partial charge on any atom is -0.497 e. The molecule has 0 aliphatic rings. The number of ketones is 1. The fourth-order valence-electron chi connectivity index (χ4n) is 2.47. The molecule has 2 aromatic carbocycles. The van der Waals surface area contributed by atoms with Crippen LogP contribution in [0.2, 0.25) is 0 Å². The molecule has 0 fully saturated rings. The number of hydrogen-bond donors (Lipinski definition) is 0. The molecule has 0 aliphatic heterocycles. The van der Waals surface area contributed by atoms with Crippen molar-refractivity contribution < 1.29 is 9.53 Å². The van der Waals surface area contributed by atoms with Crippen LogP contribution in [0.1, 0.15) is 38.2 Å². The molecule has 0 N–H and O–H groups in total. The minimum absolute atomic E-state index is 0.328. The number of Topliss-reactive ketones (excluding diaryl/α,β-unsaturated/α-hetero) is 1. The van der Waals surface area contributed by atoms with Crippen LogP contribution in [0.15, 0.2) is 36.4 Å². The number of ether oxygens (including phenoxy) is 1. The summed E-state index contributed by atoms with van der Waals surface area (Å²) in [5.74, 6) is 1.16. The van der Waals surface area contributed by atoms with Crippen molar-refractivity contribution in [2.45, 2.75) is 39.0 Å².